The van der Waals surface area contributed by atoms with E-state index in [2.05, 4.69) is 28.8 Å². The van der Waals surface area contributed by atoms with E-state index < -0.39 is 0 Å². The number of rotatable bonds is 4. The standard InChI is InChI=1S/C19H15N3OS2/c1-12-18(16-7-4-10-24-16)22-15(8-9-20)17(21-19(22)25-12)13-5-3-6-14(11-13)23-2/h3-7,10-11H,8H2,1-2H3. The maximum absolute atomic E-state index is 9.39. The van der Waals surface area contributed by atoms with E-state index in [0.717, 1.165) is 33.4 Å². The number of imidazole rings is 1. The fourth-order valence-electron chi connectivity index (χ4n) is 3.01. The van der Waals surface area contributed by atoms with Gasteiger partial charge in [-0.3, -0.25) is 4.40 Å². The Balaban J connectivity index is 2.00. The molecule has 4 nitrogen and oxygen atoms in total. The van der Waals surface area contributed by atoms with Crippen LogP contribution in [0.4, 0.5) is 0 Å². The van der Waals surface area contributed by atoms with Crippen LogP contribution in [0.2, 0.25) is 0 Å². The van der Waals surface area contributed by atoms with Gasteiger partial charge in [0.15, 0.2) is 4.96 Å². The SMILES string of the molecule is COc1cccc(-c2nc3sc(C)c(-c4cccs4)n3c2CC#N)c1. The number of ether oxygens (including phenoxy) is 1. The molecule has 25 heavy (non-hydrogen) atoms. The molecule has 124 valence electrons. The number of thiophene rings is 1. The predicted molar refractivity (Wildman–Crippen MR) is 102 cm³/mol. The second-order valence-electron chi connectivity index (χ2n) is 5.58. The summed E-state index contributed by atoms with van der Waals surface area (Å²) < 4.78 is 7.48. The Morgan fingerprint density at radius 3 is 2.88 bits per heavy atom. The van der Waals surface area contributed by atoms with E-state index in [1.165, 1.54) is 9.75 Å². The molecule has 0 fully saturated rings. The summed E-state index contributed by atoms with van der Waals surface area (Å²) in [5.41, 5.74) is 3.89. The van der Waals surface area contributed by atoms with Crippen molar-refractivity contribution < 1.29 is 4.74 Å². The molecule has 0 saturated heterocycles. The molecule has 0 N–H and O–H groups in total. The molecule has 4 rings (SSSR count). The van der Waals surface area contributed by atoms with Gasteiger partial charge in [-0.05, 0) is 30.5 Å². The smallest absolute Gasteiger partial charge is 0.195 e. The second-order valence-corrected chi connectivity index (χ2v) is 7.71. The number of nitrogens with zero attached hydrogens (tertiary/aromatic N) is 3. The first kappa shape index (κ1) is 15.9. The maximum Gasteiger partial charge on any atom is 0.195 e. The number of thiazole rings is 1. The molecule has 0 amide bonds. The van der Waals surface area contributed by atoms with Crippen LogP contribution in [0, 0.1) is 18.3 Å². The second kappa shape index (κ2) is 6.36. The average molecular weight is 365 g/mol. The number of hydrogen-bond acceptors (Lipinski definition) is 5. The van der Waals surface area contributed by atoms with Crippen molar-refractivity contribution in [3.05, 3.63) is 52.3 Å². The summed E-state index contributed by atoms with van der Waals surface area (Å²) in [5.74, 6) is 0.784. The van der Waals surface area contributed by atoms with E-state index in [1.807, 2.05) is 30.3 Å². The topological polar surface area (TPSA) is 50.3 Å². The highest BCUT2D eigenvalue weighted by atomic mass is 32.1. The van der Waals surface area contributed by atoms with Gasteiger partial charge in [0.25, 0.3) is 0 Å². The highest BCUT2D eigenvalue weighted by molar-refractivity contribution is 7.18. The highest BCUT2D eigenvalue weighted by Gasteiger charge is 2.21. The summed E-state index contributed by atoms with van der Waals surface area (Å²) in [6.45, 7) is 2.11. The van der Waals surface area contributed by atoms with E-state index in [-0.39, 0.29) is 0 Å². The zero-order chi connectivity index (χ0) is 17.4. The molecule has 0 aliphatic carbocycles. The van der Waals surface area contributed by atoms with Gasteiger partial charge < -0.3 is 4.74 Å². The number of nitriles is 1. The molecule has 3 heterocycles. The van der Waals surface area contributed by atoms with Crippen molar-refractivity contribution in [2.45, 2.75) is 13.3 Å². The number of fused-ring (bicyclic) bond motifs is 1. The normalized spacial score (nSPS) is 10.9. The summed E-state index contributed by atoms with van der Waals surface area (Å²) in [5, 5.41) is 11.5. The molecule has 0 aliphatic rings. The quantitative estimate of drug-likeness (QED) is 0.501. The number of aromatic nitrogens is 2. The third-order valence-electron chi connectivity index (χ3n) is 4.09. The largest absolute Gasteiger partial charge is 0.497 e. The van der Waals surface area contributed by atoms with E-state index in [4.69, 9.17) is 9.72 Å². The zero-order valence-electron chi connectivity index (χ0n) is 13.8. The lowest BCUT2D eigenvalue weighted by molar-refractivity contribution is 0.415. The average Bonchev–Trinajstić information content (AvgIpc) is 3.32. The molecule has 0 spiro atoms. The van der Waals surface area contributed by atoms with Gasteiger partial charge in [0.2, 0.25) is 0 Å². The molecular weight excluding hydrogens is 350 g/mol. The van der Waals surface area contributed by atoms with Crippen molar-refractivity contribution >= 4 is 27.6 Å². The van der Waals surface area contributed by atoms with E-state index in [0.29, 0.717) is 6.42 Å². The van der Waals surface area contributed by atoms with Gasteiger partial charge in [-0.25, -0.2) is 4.98 Å². The van der Waals surface area contributed by atoms with Crippen LogP contribution in [-0.4, -0.2) is 16.5 Å². The molecule has 0 atom stereocenters. The molecule has 4 aromatic rings. The van der Waals surface area contributed by atoms with Crippen molar-refractivity contribution in [2.75, 3.05) is 7.11 Å². The fraction of sp³-hybridized carbons (Fsp3) is 0.158. The molecule has 0 aliphatic heterocycles. The van der Waals surface area contributed by atoms with Gasteiger partial charge in [0.05, 0.1) is 41.6 Å². The third kappa shape index (κ3) is 2.62. The number of methoxy groups -OCH3 is 1. The van der Waals surface area contributed by atoms with Gasteiger partial charge in [0.1, 0.15) is 5.75 Å². The Bertz CT molecular complexity index is 1080. The van der Waals surface area contributed by atoms with E-state index >= 15 is 0 Å². The molecule has 0 bridgehead atoms. The van der Waals surface area contributed by atoms with Crippen LogP contribution in [0.15, 0.2) is 41.8 Å². The Morgan fingerprint density at radius 1 is 1.28 bits per heavy atom. The maximum atomic E-state index is 9.39. The van der Waals surface area contributed by atoms with Crippen molar-refractivity contribution in [3.63, 3.8) is 0 Å². The zero-order valence-corrected chi connectivity index (χ0v) is 15.4. The minimum atomic E-state index is 0.308. The van der Waals surface area contributed by atoms with Gasteiger partial charge in [-0.1, -0.05) is 18.2 Å². The predicted octanol–water partition coefficient (Wildman–Crippen LogP) is 5.17. The molecule has 6 heteroatoms. The van der Waals surface area contributed by atoms with Crippen LogP contribution in [0.25, 0.3) is 26.8 Å². The highest BCUT2D eigenvalue weighted by Crippen LogP contribution is 2.38. The summed E-state index contributed by atoms with van der Waals surface area (Å²) in [6, 6.07) is 14.3. The first-order valence-corrected chi connectivity index (χ1v) is 9.48. The lowest BCUT2D eigenvalue weighted by Crippen LogP contribution is -1.95. The lowest BCUT2D eigenvalue weighted by atomic mass is 10.1. The molecule has 0 unspecified atom stereocenters. The van der Waals surface area contributed by atoms with Gasteiger partial charge in [0, 0.05) is 10.4 Å². The Labute approximate surface area is 153 Å². The van der Waals surface area contributed by atoms with E-state index in [1.54, 1.807) is 29.8 Å². The van der Waals surface area contributed by atoms with Gasteiger partial charge in [-0.15, -0.1) is 22.7 Å². The molecule has 0 radical (unpaired) electrons. The summed E-state index contributed by atoms with van der Waals surface area (Å²) in [6.07, 6.45) is 0.308. The third-order valence-corrected chi connectivity index (χ3v) is 5.92. The van der Waals surface area contributed by atoms with Crippen LogP contribution < -0.4 is 4.74 Å². The molecule has 1 aromatic carbocycles. The lowest BCUT2D eigenvalue weighted by Gasteiger charge is -2.06. The minimum Gasteiger partial charge on any atom is -0.497 e. The Hall–Kier alpha value is -2.62. The van der Waals surface area contributed by atoms with Crippen LogP contribution in [0.3, 0.4) is 0 Å². The summed E-state index contributed by atoms with van der Waals surface area (Å²) in [7, 11) is 1.65. The van der Waals surface area contributed by atoms with Crippen molar-refractivity contribution in [1.82, 2.24) is 9.38 Å². The van der Waals surface area contributed by atoms with Crippen LogP contribution in [0.1, 0.15) is 10.6 Å². The first-order chi connectivity index (χ1) is 12.2. The van der Waals surface area contributed by atoms with Crippen LogP contribution in [-0.2, 0) is 6.42 Å². The molecule has 3 aromatic heterocycles. The van der Waals surface area contributed by atoms with Crippen LogP contribution in [0.5, 0.6) is 5.75 Å². The minimum absolute atomic E-state index is 0.308. The number of aryl methyl sites for hydroxylation is 1. The van der Waals surface area contributed by atoms with E-state index in [9.17, 15) is 5.26 Å². The fourth-order valence-corrected chi connectivity index (χ4v) is 4.89. The summed E-state index contributed by atoms with van der Waals surface area (Å²) >= 11 is 3.36. The van der Waals surface area contributed by atoms with Crippen molar-refractivity contribution in [1.29, 1.82) is 5.26 Å². The van der Waals surface area contributed by atoms with Crippen molar-refractivity contribution in [2.24, 2.45) is 0 Å². The number of hydrogen-bond donors (Lipinski definition) is 0. The monoisotopic (exact) mass is 365 g/mol. The number of benzene rings is 1. The Morgan fingerprint density at radius 2 is 2.16 bits per heavy atom. The van der Waals surface area contributed by atoms with Gasteiger partial charge in [-0.2, -0.15) is 5.26 Å². The van der Waals surface area contributed by atoms with Gasteiger partial charge >= 0.3 is 0 Å². The molecule has 0 saturated carbocycles. The summed E-state index contributed by atoms with van der Waals surface area (Å²) in [4.78, 5) is 8.17. The van der Waals surface area contributed by atoms with Crippen LogP contribution >= 0.6 is 22.7 Å². The first-order valence-electron chi connectivity index (χ1n) is 7.79. The Kier molecular flexibility index (Phi) is 4.04. The van der Waals surface area contributed by atoms with Crippen molar-refractivity contribution in [3.8, 4) is 33.6 Å². The molecular formula is C19H15N3OS2.